The molecular weight excluding hydrogens is 513 g/mol. The van der Waals surface area contributed by atoms with Gasteiger partial charge in [-0.15, -0.1) is 0 Å². The monoisotopic (exact) mass is 539 g/mol. The van der Waals surface area contributed by atoms with Crippen molar-refractivity contribution in [3.05, 3.63) is 120 Å². The average Bonchev–Trinajstić information content (AvgIpc) is 3.40. The minimum absolute atomic E-state index is 0.0562. The molecule has 4 aromatic carbocycles. The minimum atomic E-state index is -0.427. The van der Waals surface area contributed by atoms with E-state index in [1.165, 1.54) is 29.2 Å². The number of fused-ring (bicyclic) bond motifs is 1. The highest BCUT2D eigenvalue weighted by Gasteiger charge is 2.21. The highest BCUT2D eigenvalue weighted by Crippen LogP contribution is 2.22. The van der Waals surface area contributed by atoms with Gasteiger partial charge in [-0.1, -0.05) is 30.3 Å². The molecule has 0 radical (unpaired) electrons. The summed E-state index contributed by atoms with van der Waals surface area (Å²) in [6, 6.07) is 28.3. The Bertz CT molecular complexity index is 1620. The summed E-state index contributed by atoms with van der Waals surface area (Å²) in [7, 11) is 0. The molecule has 5 rings (SSSR count). The first-order valence-corrected chi connectivity index (χ1v) is 12.5. The van der Waals surface area contributed by atoms with Gasteiger partial charge in [0.15, 0.2) is 12.5 Å². The topological polar surface area (TPSA) is 107 Å². The van der Waals surface area contributed by atoms with Crippen LogP contribution < -0.4 is 20.5 Å². The van der Waals surface area contributed by atoms with Crippen LogP contribution in [-0.4, -0.2) is 36.6 Å². The Labute approximate surface area is 229 Å². The van der Waals surface area contributed by atoms with Gasteiger partial charge < -0.3 is 24.9 Å². The van der Waals surface area contributed by atoms with E-state index in [1.54, 1.807) is 60.7 Å². The maximum absolute atomic E-state index is 13.6. The lowest BCUT2D eigenvalue weighted by molar-refractivity contribution is 0.0530. The van der Waals surface area contributed by atoms with Crippen LogP contribution in [0.15, 0.2) is 108 Å². The summed E-state index contributed by atoms with van der Waals surface area (Å²) in [6.07, 6.45) is 0. The van der Waals surface area contributed by atoms with Gasteiger partial charge in [-0.05, 0) is 72.8 Å². The van der Waals surface area contributed by atoms with Crippen LogP contribution >= 0.6 is 0 Å². The van der Waals surface area contributed by atoms with E-state index in [0.29, 0.717) is 39.4 Å². The molecule has 0 saturated carbocycles. The number of benzene rings is 4. The maximum Gasteiger partial charge on any atom is 0.292 e. The van der Waals surface area contributed by atoms with Crippen molar-refractivity contribution in [2.45, 2.75) is 0 Å². The molecule has 3 N–H and O–H groups in total. The van der Waals surface area contributed by atoms with Crippen LogP contribution in [-0.2, 0) is 0 Å². The number of nitrogen functional groups attached to an aromatic ring is 1. The zero-order valence-electron chi connectivity index (χ0n) is 21.4. The lowest BCUT2D eigenvalue weighted by Crippen LogP contribution is -2.37. The number of nitrogens with one attached hydrogen (secondary N) is 1. The standard InChI is InChI=1S/C31H26FN3O5/c32-23-12-15-28-22(18-23)19-29(40-28)31(37)35(20-39-24-6-2-1-3-7-24)16-17-38-25-13-10-21(11-14-25)30(36)34-27-9-5-4-8-26(27)33/h1-15,18-19H,16-17,20,33H2,(H,34,36). The third-order valence-corrected chi connectivity index (χ3v) is 6.06. The molecule has 0 saturated heterocycles. The van der Waals surface area contributed by atoms with Crippen LogP contribution in [0.2, 0.25) is 0 Å². The molecule has 1 heterocycles. The van der Waals surface area contributed by atoms with Crippen LogP contribution in [0.5, 0.6) is 11.5 Å². The third kappa shape index (κ3) is 6.39. The van der Waals surface area contributed by atoms with Crippen LogP contribution in [0.1, 0.15) is 20.9 Å². The van der Waals surface area contributed by atoms with Gasteiger partial charge in [-0.3, -0.25) is 14.5 Å². The predicted octanol–water partition coefficient (Wildman–Crippen LogP) is 5.96. The highest BCUT2D eigenvalue weighted by molar-refractivity contribution is 6.05. The molecule has 0 aliphatic rings. The number of hydrogen-bond donors (Lipinski definition) is 2. The lowest BCUT2D eigenvalue weighted by atomic mass is 10.2. The van der Waals surface area contributed by atoms with Crippen molar-refractivity contribution < 1.29 is 27.9 Å². The number of amides is 2. The summed E-state index contributed by atoms with van der Waals surface area (Å²) in [5.41, 5.74) is 7.74. The average molecular weight is 540 g/mol. The van der Waals surface area contributed by atoms with Crippen molar-refractivity contribution in [1.29, 1.82) is 0 Å². The number of nitrogens with zero attached hydrogens (tertiary/aromatic N) is 1. The predicted molar refractivity (Wildman–Crippen MR) is 150 cm³/mol. The van der Waals surface area contributed by atoms with Gasteiger partial charge in [0.05, 0.1) is 17.9 Å². The molecule has 0 aliphatic carbocycles. The van der Waals surface area contributed by atoms with Crippen LogP contribution in [0.3, 0.4) is 0 Å². The number of carbonyl (C=O) groups excluding carboxylic acids is 2. The number of rotatable bonds is 10. The quantitative estimate of drug-likeness (QED) is 0.167. The van der Waals surface area contributed by atoms with Gasteiger partial charge in [-0.25, -0.2) is 4.39 Å². The highest BCUT2D eigenvalue weighted by atomic mass is 19.1. The number of hydrogen-bond acceptors (Lipinski definition) is 6. The Morgan fingerprint density at radius 1 is 0.850 bits per heavy atom. The second-order valence-electron chi connectivity index (χ2n) is 8.86. The fraction of sp³-hybridized carbons (Fsp3) is 0.0968. The molecule has 0 bridgehead atoms. The first-order chi connectivity index (χ1) is 19.5. The van der Waals surface area contributed by atoms with E-state index >= 15 is 0 Å². The van der Waals surface area contributed by atoms with Crippen molar-refractivity contribution in [2.24, 2.45) is 0 Å². The van der Waals surface area contributed by atoms with Gasteiger partial charge >= 0.3 is 0 Å². The SMILES string of the molecule is Nc1ccccc1NC(=O)c1ccc(OCCN(COc2ccccc2)C(=O)c2cc3cc(F)ccc3o2)cc1. The summed E-state index contributed by atoms with van der Waals surface area (Å²) in [5, 5.41) is 3.27. The summed E-state index contributed by atoms with van der Waals surface area (Å²) < 4.78 is 30.9. The summed E-state index contributed by atoms with van der Waals surface area (Å²) >= 11 is 0. The molecule has 0 spiro atoms. The van der Waals surface area contributed by atoms with E-state index in [0.717, 1.165) is 0 Å². The molecule has 0 atom stereocenters. The second kappa shape index (κ2) is 12.0. The van der Waals surface area contributed by atoms with E-state index in [2.05, 4.69) is 5.32 Å². The van der Waals surface area contributed by atoms with E-state index in [9.17, 15) is 14.0 Å². The number of ether oxygens (including phenoxy) is 2. The minimum Gasteiger partial charge on any atom is -0.492 e. The normalized spacial score (nSPS) is 10.7. The van der Waals surface area contributed by atoms with Gasteiger partial charge in [0, 0.05) is 10.9 Å². The van der Waals surface area contributed by atoms with Crippen LogP contribution in [0.4, 0.5) is 15.8 Å². The molecule has 8 nitrogen and oxygen atoms in total. The zero-order valence-corrected chi connectivity index (χ0v) is 21.4. The van der Waals surface area contributed by atoms with Crippen molar-refractivity contribution in [3.8, 4) is 11.5 Å². The Kier molecular flexibility index (Phi) is 7.92. The second-order valence-corrected chi connectivity index (χ2v) is 8.86. The molecule has 2 amide bonds. The smallest absolute Gasteiger partial charge is 0.292 e. The first-order valence-electron chi connectivity index (χ1n) is 12.5. The Morgan fingerprint density at radius 2 is 1.57 bits per heavy atom. The fourth-order valence-electron chi connectivity index (χ4n) is 3.95. The lowest BCUT2D eigenvalue weighted by Gasteiger charge is -2.22. The Hall–Kier alpha value is -5.31. The number of carbonyl (C=O) groups is 2. The molecule has 9 heteroatoms. The molecule has 40 heavy (non-hydrogen) atoms. The van der Waals surface area contributed by atoms with Crippen molar-refractivity contribution in [2.75, 3.05) is 30.9 Å². The van der Waals surface area contributed by atoms with Crippen molar-refractivity contribution in [1.82, 2.24) is 4.90 Å². The van der Waals surface area contributed by atoms with E-state index in [4.69, 9.17) is 19.6 Å². The number of para-hydroxylation sites is 3. The molecule has 0 aliphatic heterocycles. The molecule has 0 unspecified atom stereocenters. The Balaban J connectivity index is 1.23. The van der Waals surface area contributed by atoms with E-state index < -0.39 is 11.7 Å². The number of furan rings is 1. The first kappa shape index (κ1) is 26.3. The maximum atomic E-state index is 13.6. The van der Waals surface area contributed by atoms with Crippen molar-refractivity contribution in [3.63, 3.8) is 0 Å². The molecule has 0 fully saturated rings. The van der Waals surface area contributed by atoms with Crippen LogP contribution in [0, 0.1) is 5.82 Å². The van der Waals surface area contributed by atoms with Crippen LogP contribution in [0.25, 0.3) is 11.0 Å². The number of nitrogens with two attached hydrogens (primary N) is 1. The zero-order chi connectivity index (χ0) is 27.9. The van der Waals surface area contributed by atoms with Gasteiger partial charge in [0.2, 0.25) is 0 Å². The summed E-state index contributed by atoms with van der Waals surface area (Å²) in [6.45, 7) is 0.261. The van der Waals surface area contributed by atoms with Gasteiger partial charge in [0.25, 0.3) is 11.8 Å². The molecular formula is C31H26FN3O5. The van der Waals surface area contributed by atoms with E-state index in [1.807, 2.05) is 18.2 Å². The third-order valence-electron chi connectivity index (χ3n) is 6.06. The molecule has 202 valence electrons. The fourth-order valence-corrected chi connectivity index (χ4v) is 3.95. The van der Waals surface area contributed by atoms with Crippen molar-refractivity contribution >= 4 is 34.2 Å². The largest absolute Gasteiger partial charge is 0.492 e. The number of anilines is 2. The van der Waals surface area contributed by atoms with Gasteiger partial charge in [0.1, 0.15) is 29.5 Å². The number of halogens is 1. The molecule has 1 aromatic heterocycles. The van der Waals surface area contributed by atoms with Gasteiger partial charge in [-0.2, -0.15) is 0 Å². The summed E-state index contributed by atoms with van der Waals surface area (Å²) in [5.74, 6) is 0.0306. The Morgan fingerprint density at radius 3 is 2.35 bits per heavy atom. The molecule has 5 aromatic rings. The summed E-state index contributed by atoms with van der Waals surface area (Å²) in [4.78, 5) is 27.3. The van der Waals surface area contributed by atoms with E-state index in [-0.39, 0.29) is 31.5 Å².